The van der Waals surface area contributed by atoms with Crippen LogP contribution in [0.3, 0.4) is 0 Å². The number of carboxylic acid groups (broad SMARTS) is 1. The molecule has 0 saturated carbocycles. The summed E-state index contributed by atoms with van der Waals surface area (Å²) in [5.74, 6) is -2.50. The number of phosphoric acid groups is 1. The SMILES string of the molecule is CCC/C=C/C/C=C/C/C=C/C/C=C/CCCCCC(=O)OC[C@H](COP(=O)(O)OC[C@H](N)C(=O)O)OC(=O)CCC/C=C/C/C=C/C/C=C/CCCCCCCC. The van der Waals surface area contributed by atoms with Gasteiger partial charge in [0.05, 0.1) is 13.2 Å². The molecule has 0 aromatic rings. The zero-order valence-corrected chi connectivity index (χ0v) is 36.5. The lowest BCUT2D eigenvalue weighted by Crippen LogP contribution is -2.34. The molecule has 0 bridgehead atoms. The van der Waals surface area contributed by atoms with E-state index in [0.717, 1.165) is 64.2 Å². The maximum Gasteiger partial charge on any atom is 0.472 e. The van der Waals surface area contributed by atoms with E-state index in [1.807, 2.05) is 12.2 Å². The van der Waals surface area contributed by atoms with E-state index >= 15 is 0 Å². The van der Waals surface area contributed by atoms with E-state index in [2.05, 4.69) is 91.3 Å². The lowest BCUT2D eigenvalue weighted by atomic mass is 10.1. The minimum absolute atomic E-state index is 0.0775. The van der Waals surface area contributed by atoms with E-state index < -0.39 is 51.1 Å². The smallest absolute Gasteiger partial charge is 0.472 e. The summed E-state index contributed by atoms with van der Waals surface area (Å²) in [4.78, 5) is 45.9. The highest BCUT2D eigenvalue weighted by atomic mass is 31.2. The Morgan fingerprint density at radius 3 is 1.48 bits per heavy atom. The summed E-state index contributed by atoms with van der Waals surface area (Å²) < 4.78 is 32.6. The number of rotatable bonds is 39. The monoisotopic (exact) mass is 834 g/mol. The van der Waals surface area contributed by atoms with Gasteiger partial charge in [0.2, 0.25) is 0 Å². The molecular weight excluding hydrogens is 757 g/mol. The fraction of sp³-hybridized carbons (Fsp3) is 0.630. The number of allylic oxidation sites excluding steroid dienone is 14. The summed E-state index contributed by atoms with van der Waals surface area (Å²) in [6.07, 6.45) is 49.4. The number of nitrogens with two attached hydrogens (primary N) is 1. The van der Waals surface area contributed by atoms with Gasteiger partial charge in [-0.25, -0.2) is 4.57 Å². The number of aliphatic carboxylic acids is 1. The molecule has 0 fully saturated rings. The van der Waals surface area contributed by atoms with Crippen LogP contribution in [0.15, 0.2) is 85.1 Å². The Balaban J connectivity index is 4.53. The lowest BCUT2D eigenvalue weighted by Gasteiger charge is -2.20. The van der Waals surface area contributed by atoms with Crippen LogP contribution in [0.2, 0.25) is 0 Å². The molecule has 11 nitrogen and oxygen atoms in total. The van der Waals surface area contributed by atoms with E-state index in [1.54, 1.807) is 0 Å². The van der Waals surface area contributed by atoms with Gasteiger partial charge in [-0.15, -0.1) is 0 Å². The molecule has 12 heteroatoms. The van der Waals surface area contributed by atoms with Crippen LogP contribution in [0.4, 0.5) is 0 Å². The molecule has 0 aliphatic heterocycles. The van der Waals surface area contributed by atoms with Crippen molar-refractivity contribution in [3.63, 3.8) is 0 Å². The van der Waals surface area contributed by atoms with Crippen LogP contribution in [-0.2, 0) is 37.5 Å². The van der Waals surface area contributed by atoms with E-state index in [9.17, 15) is 23.8 Å². The molecule has 0 saturated heterocycles. The van der Waals surface area contributed by atoms with E-state index in [0.29, 0.717) is 19.3 Å². The first-order valence-electron chi connectivity index (χ1n) is 21.6. The number of carbonyl (C=O) groups excluding carboxylic acids is 2. The van der Waals surface area contributed by atoms with Crippen LogP contribution in [-0.4, -0.2) is 59.9 Å². The highest BCUT2D eigenvalue weighted by Crippen LogP contribution is 2.43. The number of ether oxygens (including phenoxy) is 2. The normalized spacial score (nSPS) is 14.6. The third kappa shape index (κ3) is 39.5. The molecule has 0 aliphatic rings. The van der Waals surface area contributed by atoms with Crippen LogP contribution in [0, 0.1) is 0 Å². The molecule has 0 rings (SSSR count). The zero-order chi connectivity index (χ0) is 42.8. The number of carboxylic acids is 1. The van der Waals surface area contributed by atoms with Gasteiger partial charge in [-0.1, -0.05) is 144 Å². The molecule has 58 heavy (non-hydrogen) atoms. The van der Waals surface area contributed by atoms with Gasteiger partial charge in [-0.3, -0.25) is 23.4 Å². The van der Waals surface area contributed by atoms with Gasteiger partial charge in [-0.2, -0.15) is 0 Å². The fourth-order valence-corrected chi connectivity index (χ4v) is 5.97. The van der Waals surface area contributed by atoms with Gasteiger partial charge in [0, 0.05) is 12.8 Å². The van der Waals surface area contributed by atoms with E-state index in [4.69, 9.17) is 24.8 Å². The Bertz CT molecular complexity index is 1300. The number of hydrogen-bond donors (Lipinski definition) is 3. The molecule has 3 atom stereocenters. The average molecular weight is 834 g/mol. The molecule has 4 N–H and O–H groups in total. The van der Waals surface area contributed by atoms with Crippen molar-refractivity contribution >= 4 is 25.7 Å². The Morgan fingerprint density at radius 2 is 0.966 bits per heavy atom. The highest BCUT2D eigenvalue weighted by Gasteiger charge is 2.28. The zero-order valence-electron chi connectivity index (χ0n) is 35.6. The molecule has 0 spiro atoms. The predicted octanol–water partition coefficient (Wildman–Crippen LogP) is 11.5. The third-order valence-corrected chi connectivity index (χ3v) is 9.55. The summed E-state index contributed by atoms with van der Waals surface area (Å²) in [5.41, 5.74) is 5.32. The predicted molar refractivity (Wildman–Crippen MR) is 235 cm³/mol. The standard InChI is InChI=1S/C46H76NO10P/c1-3-5-7-9-11-13-15-17-19-21-23-25-27-29-31-33-35-37-44(48)54-39-42(40-55-58(52,53)56-41-43(47)46(50)51)57-45(49)38-36-34-32-30-28-26-24-22-20-18-16-14-12-10-8-6-4-2/h7,9,13,15,18-21,24-27,30,32,42-43H,3-6,8,10-12,14,16-17,22-23,28-29,31,33-41,47H2,1-2H3,(H,50,51)(H,52,53)/b9-7+,15-13+,20-18+,21-19+,26-24+,27-25+,32-30+/t42-,43+/m1/s1. The Morgan fingerprint density at radius 1 is 0.534 bits per heavy atom. The Labute approximate surface area is 350 Å². The van der Waals surface area contributed by atoms with Crippen LogP contribution in [0.1, 0.15) is 155 Å². The van der Waals surface area contributed by atoms with Crippen molar-refractivity contribution in [2.24, 2.45) is 5.73 Å². The van der Waals surface area contributed by atoms with Crippen molar-refractivity contribution in [3.8, 4) is 0 Å². The van der Waals surface area contributed by atoms with Gasteiger partial charge >= 0.3 is 25.7 Å². The number of phosphoric ester groups is 1. The molecule has 0 aromatic carbocycles. The number of esters is 2. The molecule has 1 unspecified atom stereocenters. The maximum atomic E-state index is 12.6. The number of hydrogen-bond acceptors (Lipinski definition) is 9. The van der Waals surface area contributed by atoms with Crippen molar-refractivity contribution in [1.29, 1.82) is 0 Å². The van der Waals surface area contributed by atoms with Crippen LogP contribution < -0.4 is 5.73 Å². The molecule has 330 valence electrons. The van der Waals surface area contributed by atoms with Crippen molar-refractivity contribution < 1.29 is 47.5 Å². The fourth-order valence-electron chi connectivity index (χ4n) is 5.19. The summed E-state index contributed by atoms with van der Waals surface area (Å²) in [6, 6.07) is -1.54. The minimum atomic E-state index is -4.74. The topological polar surface area (TPSA) is 172 Å². The maximum absolute atomic E-state index is 12.6. The van der Waals surface area contributed by atoms with Crippen molar-refractivity contribution in [2.75, 3.05) is 19.8 Å². The first-order chi connectivity index (χ1) is 28.1. The largest absolute Gasteiger partial charge is 0.480 e. The van der Waals surface area contributed by atoms with Gasteiger partial charge in [0.25, 0.3) is 0 Å². The van der Waals surface area contributed by atoms with Crippen molar-refractivity contribution in [3.05, 3.63) is 85.1 Å². The molecule has 0 aliphatic carbocycles. The second-order valence-electron chi connectivity index (χ2n) is 14.1. The number of unbranched alkanes of at least 4 members (excludes halogenated alkanes) is 11. The van der Waals surface area contributed by atoms with Crippen LogP contribution in [0.25, 0.3) is 0 Å². The van der Waals surface area contributed by atoms with E-state index in [1.165, 1.54) is 44.9 Å². The van der Waals surface area contributed by atoms with Gasteiger partial charge in [0.1, 0.15) is 12.6 Å². The van der Waals surface area contributed by atoms with E-state index in [-0.39, 0.29) is 19.4 Å². The summed E-state index contributed by atoms with van der Waals surface area (Å²) in [5, 5.41) is 8.89. The molecule has 0 heterocycles. The van der Waals surface area contributed by atoms with Gasteiger partial charge < -0.3 is 25.2 Å². The minimum Gasteiger partial charge on any atom is -0.480 e. The second kappa shape index (κ2) is 40.4. The second-order valence-corrected chi connectivity index (χ2v) is 15.6. The average Bonchev–Trinajstić information content (AvgIpc) is 3.20. The van der Waals surface area contributed by atoms with Crippen molar-refractivity contribution in [2.45, 2.75) is 167 Å². The molecular formula is C46H76NO10P. The molecule has 0 radical (unpaired) electrons. The first kappa shape index (κ1) is 54.7. The third-order valence-electron chi connectivity index (χ3n) is 8.60. The Kier molecular flexibility index (Phi) is 38.1. The summed E-state index contributed by atoms with van der Waals surface area (Å²) in [7, 11) is -4.74. The molecule has 0 amide bonds. The van der Waals surface area contributed by atoms with Crippen LogP contribution >= 0.6 is 7.82 Å². The summed E-state index contributed by atoms with van der Waals surface area (Å²) in [6.45, 7) is 2.63. The quantitative estimate of drug-likeness (QED) is 0.0233. The molecule has 0 aromatic heterocycles. The summed E-state index contributed by atoms with van der Waals surface area (Å²) >= 11 is 0. The Hall–Kier alpha value is -3.34. The first-order valence-corrected chi connectivity index (χ1v) is 23.1. The highest BCUT2D eigenvalue weighted by molar-refractivity contribution is 7.47. The number of carbonyl (C=O) groups is 3. The van der Waals surface area contributed by atoms with Crippen molar-refractivity contribution in [1.82, 2.24) is 0 Å². The van der Waals surface area contributed by atoms with Gasteiger partial charge in [-0.05, 0) is 83.5 Å². The van der Waals surface area contributed by atoms with Crippen LogP contribution in [0.5, 0.6) is 0 Å². The lowest BCUT2D eigenvalue weighted by molar-refractivity contribution is -0.161. The van der Waals surface area contributed by atoms with Gasteiger partial charge in [0.15, 0.2) is 6.10 Å².